The third kappa shape index (κ3) is 7.84. The molecule has 0 radical (unpaired) electrons. The van der Waals surface area contributed by atoms with Gasteiger partial charge in [0.05, 0.1) is 0 Å². The van der Waals surface area contributed by atoms with Crippen LogP contribution in [-0.4, -0.2) is 37.4 Å². The van der Waals surface area contributed by atoms with Crippen LogP contribution in [0.25, 0.3) is 22.5 Å². The molecule has 45 heavy (non-hydrogen) atoms. The van der Waals surface area contributed by atoms with Crippen molar-refractivity contribution in [1.82, 2.24) is 24.6 Å². The number of anilines is 1. The Labute approximate surface area is 265 Å². The zero-order chi connectivity index (χ0) is 31.9. The van der Waals surface area contributed by atoms with Crippen molar-refractivity contribution >= 4 is 29.3 Å². The van der Waals surface area contributed by atoms with E-state index in [0.29, 0.717) is 22.1 Å². The molecule has 2 amide bonds. The van der Waals surface area contributed by atoms with Gasteiger partial charge in [-0.15, -0.1) is 10.2 Å². The lowest BCUT2D eigenvalue weighted by Crippen LogP contribution is -2.45. The summed E-state index contributed by atoms with van der Waals surface area (Å²) < 4.78 is 8.87. The van der Waals surface area contributed by atoms with E-state index in [2.05, 4.69) is 20.8 Å². The Kier molecular flexibility index (Phi) is 9.74. The smallest absolute Gasteiger partial charge is 0.408 e. The van der Waals surface area contributed by atoms with E-state index in [0.717, 1.165) is 22.3 Å². The largest absolute Gasteiger partial charge is 0.445 e. The minimum Gasteiger partial charge on any atom is -0.445 e. The first-order valence-electron chi connectivity index (χ1n) is 14.4. The molecule has 3 aromatic carbocycles. The number of nitrogens with zero attached hydrogens (tertiary/aromatic N) is 4. The highest BCUT2D eigenvalue weighted by Crippen LogP contribution is 2.27. The number of alkyl carbamates (subject to hydrolysis) is 1. The molecule has 11 heteroatoms. The van der Waals surface area contributed by atoms with Crippen molar-refractivity contribution in [2.24, 2.45) is 7.05 Å². The molecule has 0 bridgehead atoms. The van der Waals surface area contributed by atoms with E-state index in [1.54, 1.807) is 45.9 Å². The SMILES string of the molecule is CC(C)n1cc(-c2ccc(Cl)c(CC(NC(=O)OCc3ccccc3)C(=O)Nc3ccc(-c4nncn4C)cc3)c2)ccc1=O. The molecule has 2 aromatic heterocycles. The maximum Gasteiger partial charge on any atom is 0.408 e. The summed E-state index contributed by atoms with van der Waals surface area (Å²) in [5, 5.41) is 14.1. The van der Waals surface area contributed by atoms with Crippen LogP contribution in [0, 0.1) is 0 Å². The molecule has 1 unspecified atom stereocenters. The molecule has 10 nitrogen and oxygen atoms in total. The van der Waals surface area contributed by atoms with Crippen molar-refractivity contribution in [1.29, 1.82) is 0 Å². The van der Waals surface area contributed by atoms with Gasteiger partial charge in [0.15, 0.2) is 5.82 Å². The highest BCUT2D eigenvalue weighted by molar-refractivity contribution is 6.31. The Morgan fingerprint density at radius 3 is 2.33 bits per heavy atom. The van der Waals surface area contributed by atoms with Gasteiger partial charge < -0.3 is 24.5 Å². The standard InChI is InChI=1S/C34H33ClN6O4/c1-22(2)41-19-26(12-16-31(41)42)25-11-15-29(35)27(17-25)18-30(38-34(44)45-20-23-7-5-4-6-8-23)33(43)37-28-13-9-24(10-14-28)32-39-36-21-40(32)3/h4-17,19,21-22,30H,18,20H2,1-3H3,(H,37,43)(H,38,44). The number of hydrogen-bond acceptors (Lipinski definition) is 6. The molecule has 0 aliphatic carbocycles. The molecule has 2 N–H and O–H groups in total. The van der Waals surface area contributed by atoms with Gasteiger partial charge in [0.2, 0.25) is 5.91 Å². The van der Waals surface area contributed by atoms with Crippen LogP contribution in [0.5, 0.6) is 0 Å². The van der Waals surface area contributed by atoms with Crippen LogP contribution in [-0.2, 0) is 29.6 Å². The Morgan fingerprint density at radius 1 is 0.933 bits per heavy atom. The van der Waals surface area contributed by atoms with Crippen LogP contribution in [0.1, 0.15) is 31.0 Å². The summed E-state index contributed by atoms with van der Waals surface area (Å²) in [4.78, 5) is 38.8. The fraction of sp³-hybridized carbons (Fsp3) is 0.206. The van der Waals surface area contributed by atoms with Gasteiger partial charge in [-0.05, 0) is 78.6 Å². The van der Waals surface area contributed by atoms with E-state index in [1.807, 2.05) is 75.5 Å². The van der Waals surface area contributed by atoms with Crippen molar-refractivity contribution < 1.29 is 14.3 Å². The Hall–Kier alpha value is -5.22. The van der Waals surface area contributed by atoms with Gasteiger partial charge in [0, 0.05) is 48.0 Å². The predicted octanol–water partition coefficient (Wildman–Crippen LogP) is 6.02. The van der Waals surface area contributed by atoms with Gasteiger partial charge in [0.1, 0.15) is 19.0 Å². The van der Waals surface area contributed by atoms with Crippen molar-refractivity contribution in [3.05, 3.63) is 124 Å². The zero-order valence-electron chi connectivity index (χ0n) is 25.1. The fourth-order valence-electron chi connectivity index (χ4n) is 4.80. The number of rotatable bonds is 10. The number of carbonyl (C=O) groups excluding carboxylic acids is 2. The first-order chi connectivity index (χ1) is 21.7. The lowest BCUT2D eigenvalue weighted by Gasteiger charge is -2.20. The Bertz CT molecular complexity index is 1850. The summed E-state index contributed by atoms with van der Waals surface area (Å²) in [6.45, 7) is 3.92. The zero-order valence-corrected chi connectivity index (χ0v) is 25.9. The highest BCUT2D eigenvalue weighted by Gasteiger charge is 2.24. The quantitative estimate of drug-likeness (QED) is 0.196. The molecule has 5 aromatic rings. The summed E-state index contributed by atoms with van der Waals surface area (Å²) in [6, 6.07) is 24.1. The molecule has 0 saturated carbocycles. The van der Waals surface area contributed by atoms with Gasteiger partial charge in [0.25, 0.3) is 5.56 Å². The third-order valence-corrected chi connectivity index (χ3v) is 7.61. The normalized spacial score (nSPS) is 11.7. The van der Waals surface area contributed by atoms with Crippen LogP contribution in [0.15, 0.2) is 102 Å². The molecule has 0 spiro atoms. The first-order valence-corrected chi connectivity index (χ1v) is 14.8. The number of hydrogen-bond donors (Lipinski definition) is 2. The van der Waals surface area contributed by atoms with Gasteiger partial charge in [-0.2, -0.15) is 0 Å². The minimum absolute atomic E-state index is 0.0159. The number of halogens is 1. The van der Waals surface area contributed by atoms with Crippen molar-refractivity contribution in [3.8, 4) is 22.5 Å². The van der Waals surface area contributed by atoms with Crippen LogP contribution in [0.2, 0.25) is 5.02 Å². The lowest BCUT2D eigenvalue weighted by molar-refractivity contribution is -0.118. The number of aryl methyl sites for hydroxylation is 1. The summed E-state index contributed by atoms with van der Waals surface area (Å²) in [5.74, 6) is 0.236. The minimum atomic E-state index is -1.02. The second-order valence-corrected chi connectivity index (χ2v) is 11.3. The van der Waals surface area contributed by atoms with E-state index >= 15 is 0 Å². The molecular formula is C34H33ClN6O4. The van der Waals surface area contributed by atoms with Crippen LogP contribution in [0.3, 0.4) is 0 Å². The summed E-state index contributed by atoms with van der Waals surface area (Å²) >= 11 is 6.61. The van der Waals surface area contributed by atoms with E-state index in [9.17, 15) is 14.4 Å². The number of benzene rings is 3. The predicted molar refractivity (Wildman–Crippen MR) is 174 cm³/mol. The van der Waals surface area contributed by atoms with E-state index in [1.165, 1.54) is 6.07 Å². The molecular weight excluding hydrogens is 592 g/mol. The number of carbonyl (C=O) groups is 2. The lowest BCUT2D eigenvalue weighted by atomic mass is 9.99. The molecule has 5 rings (SSSR count). The molecule has 230 valence electrons. The third-order valence-electron chi connectivity index (χ3n) is 7.24. The second kappa shape index (κ2) is 14.0. The molecule has 0 aliphatic heterocycles. The molecule has 1 atom stereocenters. The van der Waals surface area contributed by atoms with Crippen LogP contribution in [0.4, 0.5) is 10.5 Å². The topological polar surface area (TPSA) is 120 Å². The van der Waals surface area contributed by atoms with E-state index in [-0.39, 0.29) is 24.6 Å². The number of aromatic nitrogens is 4. The number of ether oxygens (including phenoxy) is 1. The number of amides is 2. The first kappa shape index (κ1) is 31.2. The number of pyridine rings is 1. The monoisotopic (exact) mass is 624 g/mol. The van der Waals surface area contributed by atoms with Crippen molar-refractivity contribution in [3.63, 3.8) is 0 Å². The van der Waals surface area contributed by atoms with Gasteiger partial charge in [-0.1, -0.05) is 48.0 Å². The summed E-state index contributed by atoms with van der Waals surface area (Å²) in [5.41, 5.74) is 4.36. The van der Waals surface area contributed by atoms with Gasteiger partial charge in [-0.25, -0.2) is 4.79 Å². The maximum atomic E-state index is 13.6. The van der Waals surface area contributed by atoms with Crippen molar-refractivity contribution in [2.45, 2.75) is 39.0 Å². The highest BCUT2D eigenvalue weighted by atomic mass is 35.5. The molecule has 0 fully saturated rings. The molecule has 0 saturated heterocycles. The van der Waals surface area contributed by atoms with E-state index < -0.39 is 18.0 Å². The van der Waals surface area contributed by atoms with Crippen LogP contribution >= 0.6 is 11.6 Å². The summed E-state index contributed by atoms with van der Waals surface area (Å²) in [6.07, 6.45) is 2.75. The van der Waals surface area contributed by atoms with Crippen molar-refractivity contribution in [2.75, 3.05) is 5.32 Å². The Balaban J connectivity index is 1.38. The average Bonchev–Trinajstić information content (AvgIpc) is 3.47. The second-order valence-electron chi connectivity index (χ2n) is 10.9. The maximum absolute atomic E-state index is 13.6. The fourth-order valence-corrected chi connectivity index (χ4v) is 5.00. The van der Waals surface area contributed by atoms with Gasteiger partial charge >= 0.3 is 6.09 Å². The number of nitrogens with one attached hydrogen (secondary N) is 2. The summed E-state index contributed by atoms with van der Waals surface area (Å²) in [7, 11) is 1.85. The van der Waals surface area contributed by atoms with Crippen LogP contribution < -0.4 is 16.2 Å². The van der Waals surface area contributed by atoms with E-state index in [4.69, 9.17) is 16.3 Å². The Morgan fingerprint density at radius 2 is 1.64 bits per heavy atom. The van der Waals surface area contributed by atoms with Gasteiger partial charge in [-0.3, -0.25) is 9.59 Å². The molecule has 2 heterocycles. The molecule has 0 aliphatic rings. The average molecular weight is 625 g/mol.